The molecule has 0 radical (unpaired) electrons. The number of amides is 1. The van der Waals surface area contributed by atoms with Crippen molar-refractivity contribution in [1.82, 2.24) is 4.90 Å². The molecule has 3 rings (SSSR count). The molecular formula is C21H28N4O. The predicted molar refractivity (Wildman–Crippen MR) is 108 cm³/mol. The molecule has 138 valence electrons. The van der Waals surface area contributed by atoms with Crippen LogP contribution in [0, 0.1) is 6.92 Å². The minimum absolute atomic E-state index is 0.234. The van der Waals surface area contributed by atoms with Gasteiger partial charge in [0.1, 0.15) is 0 Å². The van der Waals surface area contributed by atoms with Gasteiger partial charge in [0.2, 0.25) is 0 Å². The molecule has 0 saturated carbocycles. The number of nitrogens with two attached hydrogens (primary N) is 1. The van der Waals surface area contributed by atoms with Crippen LogP contribution in [0.4, 0.5) is 11.4 Å². The quantitative estimate of drug-likeness (QED) is 0.839. The van der Waals surface area contributed by atoms with Crippen LogP contribution in [0.5, 0.6) is 0 Å². The molecular weight excluding hydrogens is 324 g/mol. The van der Waals surface area contributed by atoms with Crippen molar-refractivity contribution in [1.29, 1.82) is 0 Å². The second kappa shape index (κ2) is 8.23. The van der Waals surface area contributed by atoms with E-state index < -0.39 is 0 Å². The Morgan fingerprint density at radius 2 is 1.77 bits per heavy atom. The first-order valence-electron chi connectivity index (χ1n) is 9.23. The summed E-state index contributed by atoms with van der Waals surface area (Å²) in [6, 6.07) is 16.5. The number of nitrogens with zero attached hydrogens (tertiary/aromatic N) is 2. The van der Waals surface area contributed by atoms with Crippen molar-refractivity contribution in [2.24, 2.45) is 5.73 Å². The van der Waals surface area contributed by atoms with E-state index in [-0.39, 0.29) is 11.9 Å². The first-order chi connectivity index (χ1) is 12.5. The molecule has 1 fully saturated rings. The smallest absolute Gasteiger partial charge is 0.250 e. The Morgan fingerprint density at radius 1 is 1.08 bits per heavy atom. The van der Waals surface area contributed by atoms with Gasteiger partial charge in [0.05, 0.1) is 11.3 Å². The molecule has 2 aromatic carbocycles. The highest BCUT2D eigenvalue weighted by atomic mass is 16.1. The van der Waals surface area contributed by atoms with Gasteiger partial charge in [-0.3, -0.25) is 9.69 Å². The Labute approximate surface area is 155 Å². The summed E-state index contributed by atoms with van der Waals surface area (Å²) >= 11 is 0. The molecule has 1 saturated heterocycles. The summed E-state index contributed by atoms with van der Waals surface area (Å²) in [5.74, 6) is -0.389. The molecule has 5 nitrogen and oxygen atoms in total. The van der Waals surface area contributed by atoms with Gasteiger partial charge in [-0.05, 0) is 37.6 Å². The van der Waals surface area contributed by atoms with Crippen molar-refractivity contribution in [2.45, 2.75) is 19.9 Å². The Bertz CT molecular complexity index is 739. The summed E-state index contributed by atoms with van der Waals surface area (Å²) in [5, 5.41) is 3.49. The maximum Gasteiger partial charge on any atom is 0.250 e. The van der Waals surface area contributed by atoms with E-state index in [0.29, 0.717) is 5.56 Å². The van der Waals surface area contributed by atoms with Crippen LogP contribution < -0.4 is 16.0 Å². The summed E-state index contributed by atoms with van der Waals surface area (Å²) in [6.45, 7) is 9.24. The van der Waals surface area contributed by atoms with E-state index in [9.17, 15) is 4.79 Å². The summed E-state index contributed by atoms with van der Waals surface area (Å²) in [6.07, 6.45) is 0. The van der Waals surface area contributed by atoms with Crippen molar-refractivity contribution in [3.63, 3.8) is 0 Å². The molecule has 0 aromatic heterocycles. The van der Waals surface area contributed by atoms with E-state index in [0.717, 1.165) is 44.0 Å². The van der Waals surface area contributed by atoms with Crippen LogP contribution in [0.1, 0.15) is 22.8 Å². The molecule has 0 spiro atoms. The molecule has 0 aliphatic carbocycles. The average Bonchev–Trinajstić information content (AvgIpc) is 2.64. The van der Waals surface area contributed by atoms with Crippen molar-refractivity contribution in [3.8, 4) is 0 Å². The van der Waals surface area contributed by atoms with Crippen molar-refractivity contribution >= 4 is 17.3 Å². The van der Waals surface area contributed by atoms with Gasteiger partial charge in [0, 0.05) is 44.5 Å². The van der Waals surface area contributed by atoms with Crippen LogP contribution in [0.3, 0.4) is 0 Å². The molecule has 1 heterocycles. The van der Waals surface area contributed by atoms with E-state index in [4.69, 9.17) is 5.73 Å². The number of hydrogen-bond donors (Lipinski definition) is 2. The fourth-order valence-electron chi connectivity index (χ4n) is 3.57. The third kappa shape index (κ3) is 4.35. The number of rotatable bonds is 6. The molecule has 1 unspecified atom stereocenters. The minimum atomic E-state index is -0.389. The van der Waals surface area contributed by atoms with Gasteiger partial charge >= 0.3 is 0 Å². The Morgan fingerprint density at radius 3 is 2.42 bits per heavy atom. The summed E-state index contributed by atoms with van der Waals surface area (Å²) < 4.78 is 0. The topological polar surface area (TPSA) is 61.6 Å². The van der Waals surface area contributed by atoms with Crippen molar-refractivity contribution in [3.05, 3.63) is 59.7 Å². The van der Waals surface area contributed by atoms with E-state index in [1.54, 1.807) is 6.07 Å². The highest BCUT2D eigenvalue weighted by molar-refractivity contribution is 5.99. The number of benzene rings is 2. The number of hydrogen-bond acceptors (Lipinski definition) is 4. The van der Waals surface area contributed by atoms with Crippen LogP contribution in [0.25, 0.3) is 0 Å². The van der Waals surface area contributed by atoms with Crippen LogP contribution in [0.15, 0.2) is 48.5 Å². The number of para-hydroxylation sites is 2. The first-order valence-corrected chi connectivity index (χ1v) is 9.23. The summed E-state index contributed by atoms with van der Waals surface area (Å²) in [7, 11) is 0. The predicted octanol–water partition coefficient (Wildman–Crippen LogP) is 2.72. The zero-order chi connectivity index (χ0) is 18.5. The SMILES string of the molecule is Cc1cccc(C(N)=O)c1NC(C)CN1CCN(c2ccccc2)CC1. The number of carbonyl (C=O) groups excluding carboxylic acids is 1. The molecule has 2 aromatic rings. The zero-order valence-corrected chi connectivity index (χ0v) is 15.6. The molecule has 1 atom stereocenters. The number of anilines is 2. The van der Waals surface area contributed by atoms with Gasteiger partial charge in [-0.15, -0.1) is 0 Å². The Hall–Kier alpha value is -2.53. The fraction of sp³-hybridized carbons (Fsp3) is 0.381. The van der Waals surface area contributed by atoms with Crippen LogP contribution in [0.2, 0.25) is 0 Å². The summed E-state index contributed by atoms with van der Waals surface area (Å²) in [5.41, 5.74) is 9.28. The van der Waals surface area contributed by atoms with Gasteiger partial charge in [-0.1, -0.05) is 30.3 Å². The highest BCUT2D eigenvalue weighted by Gasteiger charge is 2.20. The van der Waals surface area contributed by atoms with Crippen LogP contribution >= 0.6 is 0 Å². The van der Waals surface area contributed by atoms with E-state index in [1.165, 1.54) is 5.69 Å². The number of carbonyl (C=O) groups is 1. The standard InChI is InChI=1S/C21H28N4O/c1-16-7-6-10-19(21(22)26)20(16)23-17(2)15-24-11-13-25(14-12-24)18-8-4-3-5-9-18/h3-10,17,23H,11-15H2,1-2H3,(H2,22,26). The lowest BCUT2D eigenvalue weighted by molar-refractivity contribution is 0.100. The second-order valence-corrected chi connectivity index (χ2v) is 7.03. The molecule has 0 bridgehead atoms. The van der Waals surface area contributed by atoms with Gasteiger partial charge < -0.3 is 16.0 Å². The molecule has 1 aliphatic heterocycles. The van der Waals surface area contributed by atoms with Gasteiger partial charge in [0.25, 0.3) is 5.91 Å². The molecule has 5 heteroatoms. The second-order valence-electron chi connectivity index (χ2n) is 7.03. The number of primary amides is 1. The highest BCUT2D eigenvalue weighted by Crippen LogP contribution is 2.22. The van der Waals surface area contributed by atoms with E-state index >= 15 is 0 Å². The number of piperazine rings is 1. The maximum absolute atomic E-state index is 11.7. The normalized spacial score (nSPS) is 16.3. The fourth-order valence-corrected chi connectivity index (χ4v) is 3.57. The Kier molecular flexibility index (Phi) is 5.78. The largest absolute Gasteiger partial charge is 0.380 e. The van der Waals surface area contributed by atoms with E-state index in [1.807, 2.05) is 19.1 Å². The lowest BCUT2D eigenvalue weighted by Crippen LogP contribution is -2.49. The maximum atomic E-state index is 11.7. The number of nitrogens with one attached hydrogen (secondary N) is 1. The van der Waals surface area contributed by atoms with Gasteiger partial charge in [-0.2, -0.15) is 0 Å². The van der Waals surface area contributed by atoms with Gasteiger partial charge in [-0.25, -0.2) is 0 Å². The lowest BCUT2D eigenvalue weighted by Gasteiger charge is -2.37. The van der Waals surface area contributed by atoms with Crippen LogP contribution in [-0.2, 0) is 0 Å². The third-order valence-electron chi connectivity index (χ3n) is 4.95. The first kappa shape index (κ1) is 18.3. The zero-order valence-electron chi connectivity index (χ0n) is 15.6. The minimum Gasteiger partial charge on any atom is -0.380 e. The monoisotopic (exact) mass is 352 g/mol. The number of aryl methyl sites for hydroxylation is 1. The summed E-state index contributed by atoms with van der Waals surface area (Å²) in [4.78, 5) is 16.6. The van der Waals surface area contributed by atoms with Crippen molar-refractivity contribution < 1.29 is 4.79 Å². The van der Waals surface area contributed by atoms with E-state index in [2.05, 4.69) is 52.4 Å². The molecule has 1 aliphatic rings. The van der Waals surface area contributed by atoms with Crippen LogP contribution in [-0.4, -0.2) is 49.6 Å². The average molecular weight is 352 g/mol. The van der Waals surface area contributed by atoms with Gasteiger partial charge in [0.15, 0.2) is 0 Å². The molecule has 1 amide bonds. The third-order valence-corrected chi connectivity index (χ3v) is 4.95. The lowest BCUT2D eigenvalue weighted by atomic mass is 10.1. The molecule has 3 N–H and O–H groups in total. The van der Waals surface area contributed by atoms with Crippen molar-refractivity contribution in [2.75, 3.05) is 42.9 Å². The Balaban J connectivity index is 1.55. The molecule has 26 heavy (non-hydrogen) atoms.